The zero-order valence-corrected chi connectivity index (χ0v) is 12.5. The zero-order valence-electron chi connectivity index (χ0n) is 12.5. The molecule has 3 nitrogen and oxygen atoms in total. The van der Waals surface area contributed by atoms with Gasteiger partial charge in [-0.3, -0.25) is 0 Å². The van der Waals surface area contributed by atoms with Gasteiger partial charge in [0.05, 0.1) is 0 Å². The van der Waals surface area contributed by atoms with E-state index >= 15 is 0 Å². The molecule has 3 N–H and O–H groups in total. The van der Waals surface area contributed by atoms with Crippen LogP contribution in [0, 0.1) is 0 Å². The third-order valence-electron chi connectivity index (χ3n) is 3.18. The quantitative estimate of drug-likeness (QED) is 0.635. The fraction of sp³-hybridized carbons (Fsp3) is 0.625. The first-order chi connectivity index (χ1) is 9.31. The van der Waals surface area contributed by atoms with Crippen LogP contribution in [0.5, 0.6) is 0 Å². The van der Waals surface area contributed by atoms with Crippen LogP contribution in [-0.2, 0) is 0 Å². The van der Waals surface area contributed by atoms with Gasteiger partial charge < -0.3 is 16.0 Å². The topological polar surface area (TPSA) is 41.3 Å². The van der Waals surface area contributed by atoms with E-state index in [9.17, 15) is 0 Å². The maximum absolute atomic E-state index is 5.48. The van der Waals surface area contributed by atoms with Gasteiger partial charge >= 0.3 is 0 Å². The summed E-state index contributed by atoms with van der Waals surface area (Å²) in [5.74, 6) is 0. The highest BCUT2D eigenvalue weighted by Gasteiger charge is 2.03. The van der Waals surface area contributed by atoms with Crippen LogP contribution in [0.25, 0.3) is 0 Å². The second kappa shape index (κ2) is 9.68. The molecule has 0 bridgehead atoms. The van der Waals surface area contributed by atoms with E-state index < -0.39 is 0 Å². The number of hydrogen-bond acceptors (Lipinski definition) is 3. The summed E-state index contributed by atoms with van der Waals surface area (Å²) in [6, 6.07) is 8.79. The molecule has 0 saturated carbocycles. The summed E-state index contributed by atoms with van der Waals surface area (Å²) in [4.78, 5) is 2.46. The van der Waals surface area contributed by atoms with E-state index in [1.807, 2.05) is 0 Å². The van der Waals surface area contributed by atoms with E-state index in [4.69, 9.17) is 5.73 Å². The number of nitrogens with two attached hydrogens (primary N) is 1. The van der Waals surface area contributed by atoms with Crippen molar-refractivity contribution in [3.05, 3.63) is 24.3 Å². The maximum atomic E-state index is 5.48. The molecule has 1 aromatic rings. The molecule has 0 aliphatic heterocycles. The summed E-state index contributed by atoms with van der Waals surface area (Å²) in [5, 5.41) is 3.44. The van der Waals surface area contributed by atoms with Crippen molar-refractivity contribution in [2.75, 3.05) is 36.4 Å². The Labute approximate surface area is 118 Å². The minimum Gasteiger partial charge on any atom is -0.385 e. The number of unbranched alkanes of at least 4 members (excludes halogenated alkanes) is 1. The molecular formula is C16H29N3. The molecule has 0 amide bonds. The Balaban J connectivity index is 2.49. The van der Waals surface area contributed by atoms with Crippen LogP contribution in [0.3, 0.4) is 0 Å². The summed E-state index contributed by atoms with van der Waals surface area (Å²) in [6.45, 7) is 8.52. The number of benzene rings is 1. The van der Waals surface area contributed by atoms with E-state index in [-0.39, 0.29) is 0 Å². The first kappa shape index (κ1) is 15.8. The first-order valence-electron chi connectivity index (χ1n) is 7.60. The Morgan fingerprint density at radius 2 is 1.63 bits per heavy atom. The molecule has 0 aromatic heterocycles. The molecule has 0 aliphatic carbocycles. The summed E-state index contributed by atoms with van der Waals surface area (Å²) >= 11 is 0. The van der Waals surface area contributed by atoms with Crippen LogP contribution in [0.4, 0.5) is 11.4 Å². The van der Waals surface area contributed by atoms with Crippen molar-refractivity contribution in [3.8, 4) is 0 Å². The van der Waals surface area contributed by atoms with Crippen molar-refractivity contribution < 1.29 is 0 Å². The highest BCUT2D eigenvalue weighted by molar-refractivity contribution is 5.55. The standard InChI is InChI=1S/C16H29N3/c1-3-13-19(14-4-2)16-9-7-15(8-10-16)18-12-6-5-11-17/h7-10,18H,3-6,11-14,17H2,1-2H3. The van der Waals surface area contributed by atoms with Gasteiger partial charge in [-0.25, -0.2) is 0 Å². The first-order valence-corrected chi connectivity index (χ1v) is 7.60. The zero-order chi connectivity index (χ0) is 13.9. The predicted octanol–water partition coefficient (Wildman–Crippen LogP) is 3.46. The number of nitrogens with zero attached hydrogens (tertiary/aromatic N) is 1. The van der Waals surface area contributed by atoms with Crippen LogP contribution in [0.1, 0.15) is 39.5 Å². The van der Waals surface area contributed by atoms with Crippen LogP contribution in [0.15, 0.2) is 24.3 Å². The lowest BCUT2D eigenvalue weighted by Crippen LogP contribution is -2.24. The lowest BCUT2D eigenvalue weighted by atomic mass is 10.2. The Kier molecular flexibility index (Phi) is 8.07. The van der Waals surface area contributed by atoms with Crippen molar-refractivity contribution in [1.29, 1.82) is 0 Å². The number of nitrogens with one attached hydrogen (secondary N) is 1. The Bertz CT molecular complexity index is 315. The molecule has 0 heterocycles. The summed E-state index contributed by atoms with van der Waals surface area (Å²) in [7, 11) is 0. The van der Waals surface area contributed by atoms with Gasteiger partial charge in [0, 0.05) is 31.0 Å². The average Bonchev–Trinajstić information content (AvgIpc) is 2.44. The van der Waals surface area contributed by atoms with E-state index in [0.717, 1.165) is 39.0 Å². The molecule has 108 valence electrons. The highest BCUT2D eigenvalue weighted by Crippen LogP contribution is 2.18. The van der Waals surface area contributed by atoms with Gasteiger partial charge in [-0.05, 0) is 56.5 Å². The van der Waals surface area contributed by atoms with Gasteiger partial charge in [0.2, 0.25) is 0 Å². The fourth-order valence-electron chi connectivity index (χ4n) is 2.20. The van der Waals surface area contributed by atoms with Crippen molar-refractivity contribution in [2.24, 2.45) is 5.73 Å². The van der Waals surface area contributed by atoms with Crippen molar-refractivity contribution in [1.82, 2.24) is 0 Å². The van der Waals surface area contributed by atoms with Crippen LogP contribution in [0.2, 0.25) is 0 Å². The van der Waals surface area contributed by atoms with Crippen LogP contribution < -0.4 is 16.0 Å². The molecule has 19 heavy (non-hydrogen) atoms. The van der Waals surface area contributed by atoms with Gasteiger partial charge in [-0.1, -0.05) is 13.8 Å². The molecule has 0 aliphatic rings. The highest BCUT2D eigenvalue weighted by atomic mass is 15.1. The minimum atomic E-state index is 0.781. The molecule has 0 radical (unpaired) electrons. The molecule has 0 fully saturated rings. The molecule has 0 saturated heterocycles. The minimum absolute atomic E-state index is 0.781. The van der Waals surface area contributed by atoms with Crippen LogP contribution >= 0.6 is 0 Å². The molecule has 3 heteroatoms. The maximum Gasteiger partial charge on any atom is 0.0367 e. The van der Waals surface area contributed by atoms with Crippen molar-refractivity contribution >= 4 is 11.4 Å². The molecule has 1 aromatic carbocycles. The molecule has 0 atom stereocenters. The number of anilines is 2. The summed E-state index contributed by atoms with van der Waals surface area (Å²) in [5.41, 5.74) is 8.02. The van der Waals surface area contributed by atoms with Crippen molar-refractivity contribution in [3.63, 3.8) is 0 Å². The predicted molar refractivity (Wildman–Crippen MR) is 86.0 cm³/mol. The molecular weight excluding hydrogens is 234 g/mol. The normalized spacial score (nSPS) is 10.5. The number of rotatable bonds is 10. The average molecular weight is 263 g/mol. The Morgan fingerprint density at radius 1 is 1.00 bits per heavy atom. The van der Waals surface area contributed by atoms with E-state index in [2.05, 4.69) is 48.3 Å². The van der Waals surface area contributed by atoms with Crippen molar-refractivity contribution in [2.45, 2.75) is 39.5 Å². The lowest BCUT2D eigenvalue weighted by molar-refractivity contribution is 0.745. The Hall–Kier alpha value is -1.22. The third-order valence-corrected chi connectivity index (χ3v) is 3.18. The van der Waals surface area contributed by atoms with E-state index in [0.29, 0.717) is 0 Å². The van der Waals surface area contributed by atoms with Gasteiger partial charge in [0.15, 0.2) is 0 Å². The second-order valence-electron chi connectivity index (χ2n) is 4.96. The summed E-state index contributed by atoms with van der Waals surface area (Å²) in [6.07, 6.45) is 4.61. The third kappa shape index (κ3) is 5.97. The monoisotopic (exact) mass is 263 g/mol. The largest absolute Gasteiger partial charge is 0.385 e. The fourth-order valence-corrected chi connectivity index (χ4v) is 2.20. The summed E-state index contributed by atoms with van der Waals surface area (Å²) < 4.78 is 0. The van der Waals surface area contributed by atoms with Gasteiger partial charge in [-0.15, -0.1) is 0 Å². The smallest absolute Gasteiger partial charge is 0.0367 e. The van der Waals surface area contributed by atoms with Gasteiger partial charge in [0.1, 0.15) is 0 Å². The molecule has 1 rings (SSSR count). The van der Waals surface area contributed by atoms with Crippen LogP contribution in [-0.4, -0.2) is 26.2 Å². The molecule has 0 unspecified atom stereocenters. The van der Waals surface area contributed by atoms with E-state index in [1.54, 1.807) is 0 Å². The lowest BCUT2D eigenvalue weighted by Gasteiger charge is -2.24. The van der Waals surface area contributed by atoms with E-state index in [1.165, 1.54) is 24.2 Å². The second-order valence-corrected chi connectivity index (χ2v) is 4.96. The molecule has 0 spiro atoms. The van der Waals surface area contributed by atoms with Gasteiger partial charge in [-0.2, -0.15) is 0 Å². The van der Waals surface area contributed by atoms with Gasteiger partial charge in [0.25, 0.3) is 0 Å². The Morgan fingerprint density at radius 3 is 2.16 bits per heavy atom. The SMILES string of the molecule is CCCN(CCC)c1ccc(NCCCCN)cc1. The number of hydrogen-bond donors (Lipinski definition) is 2.